The number of aliphatic hydroxyl groups excluding tert-OH is 2. The quantitative estimate of drug-likeness (QED) is 0.321. The molecule has 0 radical (unpaired) electrons. The SMILES string of the molecule is O=C1c2cccc(N3CCC(CN4CCC(Oc5ccc(I)cc5)CC4)CC3)c2C(=O)N1C1CCC(O)NC1O. The van der Waals surface area contributed by atoms with Gasteiger partial charge in [-0.05, 0) is 103 Å². The van der Waals surface area contributed by atoms with Gasteiger partial charge >= 0.3 is 0 Å². The lowest BCUT2D eigenvalue weighted by Gasteiger charge is -2.39. The van der Waals surface area contributed by atoms with Crippen molar-refractivity contribution in [1.29, 1.82) is 0 Å². The molecule has 40 heavy (non-hydrogen) atoms. The van der Waals surface area contributed by atoms with E-state index in [1.165, 1.54) is 8.47 Å². The predicted molar refractivity (Wildman–Crippen MR) is 159 cm³/mol. The predicted octanol–water partition coefficient (Wildman–Crippen LogP) is 3.04. The summed E-state index contributed by atoms with van der Waals surface area (Å²) in [5.74, 6) is 0.835. The molecule has 2 amide bonds. The fraction of sp³-hybridized carbons (Fsp3) is 0.533. The first-order valence-corrected chi connectivity index (χ1v) is 15.5. The van der Waals surface area contributed by atoms with Crippen molar-refractivity contribution < 1.29 is 24.5 Å². The Bertz CT molecular complexity index is 1230. The second-order valence-corrected chi connectivity index (χ2v) is 12.7. The number of piperidine rings is 3. The van der Waals surface area contributed by atoms with Crippen molar-refractivity contribution >= 4 is 40.1 Å². The van der Waals surface area contributed by atoms with E-state index in [0.29, 0.717) is 29.9 Å². The Kier molecular flexibility index (Phi) is 8.32. The number of amides is 2. The molecule has 0 spiro atoms. The van der Waals surface area contributed by atoms with Crippen LogP contribution in [0.15, 0.2) is 42.5 Å². The summed E-state index contributed by atoms with van der Waals surface area (Å²) in [6.45, 7) is 4.86. The number of carbonyl (C=O) groups excluding carboxylic acids is 2. The first-order valence-electron chi connectivity index (χ1n) is 14.4. The number of aliphatic hydroxyl groups is 2. The minimum atomic E-state index is -1.15. The number of rotatable bonds is 6. The van der Waals surface area contributed by atoms with Crippen molar-refractivity contribution in [3.8, 4) is 5.75 Å². The smallest absolute Gasteiger partial charge is 0.264 e. The highest BCUT2D eigenvalue weighted by Gasteiger charge is 2.46. The maximum atomic E-state index is 13.5. The molecule has 4 aliphatic heterocycles. The highest BCUT2D eigenvalue weighted by Crippen LogP contribution is 2.36. The van der Waals surface area contributed by atoms with Crippen LogP contribution in [0.2, 0.25) is 0 Å². The number of nitrogens with zero attached hydrogens (tertiary/aromatic N) is 3. The molecule has 0 saturated carbocycles. The summed E-state index contributed by atoms with van der Waals surface area (Å²) in [5.41, 5.74) is 1.65. The van der Waals surface area contributed by atoms with Crippen molar-refractivity contribution in [1.82, 2.24) is 15.1 Å². The molecule has 2 aromatic rings. The average Bonchev–Trinajstić information content (AvgIpc) is 3.21. The number of imide groups is 1. The first-order chi connectivity index (χ1) is 19.4. The Morgan fingerprint density at radius 3 is 2.30 bits per heavy atom. The summed E-state index contributed by atoms with van der Waals surface area (Å²) >= 11 is 2.31. The third-order valence-corrected chi connectivity index (χ3v) is 9.56. The Labute approximate surface area is 248 Å². The molecular formula is C30H37IN4O5. The van der Waals surface area contributed by atoms with Crippen LogP contribution in [0.25, 0.3) is 0 Å². The molecule has 4 aliphatic rings. The fourth-order valence-electron chi connectivity index (χ4n) is 6.64. The summed E-state index contributed by atoms with van der Waals surface area (Å²) in [4.78, 5) is 32.8. The van der Waals surface area contributed by atoms with Crippen LogP contribution in [-0.2, 0) is 0 Å². The number of hydrogen-bond donors (Lipinski definition) is 3. The van der Waals surface area contributed by atoms with Gasteiger partial charge in [-0.15, -0.1) is 0 Å². The lowest BCUT2D eigenvalue weighted by Crippen LogP contribution is -2.58. The molecule has 3 atom stereocenters. The molecule has 0 bridgehead atoms. The molecule has 3 saturated heterocycles. The van der Waals surface area contributed by atoms with Gasteiger partial charge in [-0.1, -0.05) is 6.07 Å². The minimum absolute atomic E-state index is 0.272. The molecule has 6 rings (SSSR count). The van der Waals surface area contributed by atoms with Gasteiger partial charge in [-0.2, -0.15) is 0 Å². The van der Waals surface area contributed by atoms with Gasteiger partial charge in [-0.3, -0.25) is 19.8 Å². The Balaban J connectivity index is 1.03. The van der Waals surface area contributed by atoms with Gasteiger partial charge in [-0.25, -0.2) is 0 Å². The number of nitrogens with one attached hydrogen (secondary N) is 1. The third-order valence-electron chi connectivity index (χ3n) is 8.84. The molecule has 10 heteroatoms. The zero-order valence-corrected chi connectivity index (χ0v) is 24.7. The topological polar surface area (TPSA) is 106 Å². The third kappa shape index (κ3) is 5.74. The molecule has 4 heterocycles. The summed E-state index contributed by atoms with van der Waals surface area (Å²) < 4.78 is 7.41. The number of hydrogen-bond acceptors (Lipinski definition) is 8. The van der Waals surface area contributed by atoms with E-state index in [-0.39, 0.29) is 17.9 Å². The van der Waals surface area contributed by atoms with E-state index in [0.717, 1.165) is 69.8 Å². The molecule has 3 fully saturated rings. The van der Waals surface area contributed by atoms with Crippen LogP contribution in [0.3, 0.4) is 0 Å². The number of halogens is 1. The zero-order chi connectivity index (χ0) is 27.8. The number of anilines is 1. The second-order valence-electron chi connectivity index (χ2n) is 11.5. The largest absolute Gasteiger partial charge is 0.490 e. The van der Waals surface area contributed by atoms with E-state index in [1.807, 2.05) is 24.3 Å². The minimum Gasteiger partial charge on any atom is -0.490 e. The molecule has 9 nitrogen and oxygen atoms in total. The van der Waals surface area contributed by atoms with Crippen molar-refractivity contribution in [3.63, 3.8) is 0 Å². The van der Waals surface area contributed by atoms with Gasteiger partial charge in [0, 0.05) is 36.3 Å². The number of ether oxygens (including phenoxy) is 1. The van der Waals surface area contributed by atoms with Crippen LogP contribution in [0.5, 0.6) is 5.75 Å². The number of benzene rings is 2. The van der Waals surface area contributed by atoms with Crippen LogP contribution >= 0.6 is 22.6 Å². The first kappa shape index (κ1) is 27.9. The molecule has 2 aromatic carbocycles. The Morgan fingerprint density at radius 2 is 1.60 bits per heavy atom. The van der Waals surface area contributed by atoms with Crippen molar-refractivity contribution in [2.75, 3.05) is 37.6 Å². The molecule has 214 valence electrons. The van der Waals surface area contributed by atoms with Gasteiger partial charge in [0.25, 0.3) is 11.8 Å². The zero-order valence-electron chi connectivity index (χ0n) is 22.5. The van der Waals surface area contributed by atoms with Crippen LogP contribution in [0.4, 0.5) is 5.69 Å². The number of likely N-dealkylation sites (tertiary alicyclic amines) is 1. The van der Waals surface area contributed by atoms with Gasteiger partial charge < -0.3 is 24.7 Å². The fourth-order valence-corrected chi connectivity index (χ4v) is 7.00. The lowest BCUT2D eigenvalue weighted by atomic mass is 9.94. The lowest BCUT2D eigenvalue weighted by molar-refractivity contribution is -0.0413. The molecule has 3 unspecified atom stereocenters. The van der Waals surface area contributed by atoms with Gasteiger partial charge in [0.05, 0.1) is 22.9 Å². The molecule has 0 aliphatic carbocycles. The van der Waals surface area contributed by atoms with E-state index in [2.05, 4.69) is 49.8 Å². The van der Waals surface area contributed by atoms with Crippen LogP contribution in [0.1, 0.15) is 59.2 Å². The van der Waals surface area contributed by atoms with Crippen molar-refractivity contribution in [2.24, 2.45) is 5.92 Å². The van der Waals surface area contributed by atoms with Gasteiger partial charge in [0.1, 0.15) is 24.3 Å². The summed E-state index contributed by atoms with van der Waals surface area (Å²) in [7, 11) is 0. The highest BCUT2D eigenvalue weighted by molar-refractivity contribution is 14.1. The maximum absolute atomic E-state index is 13.5. The number of fused-ring (bicyclic) bond motifs is 1. The highest BCUT2D eigenvalue weighted by atomic mass is 127. The van der Waals surface area contributed by atoms with E-state index in [4.69, 9.17) is 4.74 Å². The summed E-state index contributed by atoms with van der Waals surface area (Å²) in [6.07, 6.45) is 3.17. The molecule has 0 aromatic heterocycles. The van der Waals surface area contributed by atoms with E-state index in [1.54, 1.807) is 6.07 Å². The Hall–Kier alpha value is -2.25. The van der Waals surface area contributed by atoms with Crippen molar-refractivity contribution in [2.45, 2.75) is 63.1 Å². The van der Waals surface area contributed by atoms with Crippen LogP contribution < -0.4 is 15.0 Å². The van der Waals surface area contributed by atoms with Crippen LogP contribution in [0, 0.1) is 9.49 Å². The Morgan fingerprint density at radius 1 is 0.875 bits per heavy atom. The number of carbonyl (C=O) groups is 2. The monoisotopic (exact) mass is 660 g/mol. The second kappa shape index (κ2) is 11.9. The molecular weight excluding hydrogens is 623 g/mol. The summed E-state index contributed by atoms with van der Waals surface area (Å²) in [6, 6.07) is 13.0. The van der Waals surface area contributed by atoms with Gasteiger partial charge in [0.15, 0.2) is 0 Å². The molecule has 3 N–H and O–H groups in total. The van der Waals surface area contributed by atoms with E-state index < -0.39 is 18.5 Å². The van der Waals surface area contributed by atoms with Crippen molar-refractivity contribution in [3.05, 3.63) is 57.2 Å². The van der Waals surface area contributed by atoms with Gasteiger partial charge in [0.2, 0.25) is 0 Å². The summed E-state index contributed by atoms with van der Waals surface area (Å²) in [5, 5.41) is 22.9. The van der Waals surface area contributed by atoms with Crippen LogP contribution in [-0.4, -0.2) is 89.2 Å². The standard InChI is InChI=1S/C30H37IN4O5/c31-20-4-6-21(7-5-20)40-22-12-14-33(15-13-22)18-19-10-16-34(17-11-19)24-3-1-2-23-27(24)30(39)35(29(23)38)25-8-9-26(36)32-28(25)37/h1-7,19,22,25-26,28,32,36-37H,8-18H2. The van der Waals surface area contributed by atoms with E-state index in [9.17, 15) is 19.8 Å². The maximum Gasteiger partial charge on any atom is 0.264 e. The average molecular weight is 661 g/mol. The van der Waals surface area contributed by atoms with E-state index >= 15 is 0 Å². The normalized spacial score (nSPS) is 26.8.